The Morgan fingerprint density at radius 2 is 1.36 bits per heavy atom. The molecular weight excluding hydrogens is 363 g/mol. The molecule has 2 aromatic carbocycles. The molecule has 0 amide bonds. The number of hydrogen-bond donors (Lipinski definition) is 0. The molecule has 0 fully saturated rings. The lowest BCUT2D eigenvalue weighted by Crippen LogP contribution is -2.09. The van der Waals surface area contributed by atoms with Crippen molar-refractivity contribution in [2.45, 2.75) is 20.1 Å². The van der Waals surface area contributed by atoms with Gasteiger partial charge in [-0.1, -0.05) is 59.6 Å². The summed E-state index contributed by atoms with van der Waals surface area (Å²) in [4.78, 5) is 23.7. The molecule has 2 aromatic rings. The van der Waals surface area contributed by atoms with Crippen LogP contribution in [0.25, 0.3) is 0 Å². The molecule has 0 saturated carbocycles. The van der Waals surface area contributed by atoms with Gasteiger partial charge in [0.25, 0.3) is 0 Å². The van der Waals surface area contributed by atoms with Gasteiger partial charge in [0.15, 0.2) is 0 Å². The van der Waals surface area contributed by atoms with Crippen LogP contribution in [0.5, 0.6) is 0 Å². The van der Waals surface area contributed by atoms with Gasteiger partial charge in [0.2, 0.25) is 0 Å². The van der Waals surface area contributed by atoms with E-state index in [1.807, 2.05) is 0 Å². The van der Waals surface area contributed by atoms with E-state index in [9.17, 15) is 9.59 Å². The zero-order valence-corrected chi connectivity index (χ0v) is 15.0. The predicted octanol–water partition coefficient (Wildman–Crippen LogP) is 4.73. The zero-order valence-electron chi connectivity index (χ0n) is 13.5. The molecule has 0 bridgehead atoms. The Bertz CT molecular complexity index is 800. The van der Waals surface area contributed by atoms with Gasteiger partial charge in [-0.05, 0) is 19.1 Å². The molecule has 0 unspecified atom stereocenters. The summed E-state index contributed by atoms with van der Waals surface area (Å²) in [7, 11) is 0. The molecule has 0 radical (unpaired) electrons. The summed E-state index contributed by atoms with van der Waals surface area (Å²) in [6.45, 7) is 1.53. The number of hydrogen-bond acceptors (Lipinski definition) is 4. The summed E-state index contributed by atoms with van der Waals surface area (Å²) < 4.78 is 10.2. The van der Waals surface area contributed by atoms with Gasteiger partial charge in [-0.25, -0.2) is 9.59 Å². The third-order valence-corrected chi connectivity index (χ3v) is 4.04. The van der Waals surface area contributed by atoms with E-state index in [0.717, 1.165) is 6.08 Å². The summed E-state index contributed by atoms with van der Waals surface area (Å²) in [5, 5.41) is 1.02. The van der Waals surface area contributed by atoms with E-state index in [2.05, 4.69) is 0 Å². The minimum absolute atomic E-state index is 0.0248. The minimum Gasteiger partial charge on any atom is -0.458 e. The molecule has 0 aromatic heterocycles. The molecule has 0 aliphatic carbocycles. The van der Waals surface area contributed by atoms with Gasteiger partial charge in [-0.2, -0.15) is 0 Å². The Labute approximate surface area is 156 Å². The Kier molecular flexibility index (Phi) is 7.04. The summed E-state index contributed by atoms with van der Waals surface area (Å²) in [5.74, 6) is -1.26. The minimum atomic E-state index is -0.646. The van der Waals surface area contributed by atoms with Gasteiger partial charge in [-0.15, -0.1) is 0 Å². The van der Waals surface area contributed by atoms with E-state index in [-0.39, 0.29) is 18.8 Å². The van der Waals surface area contributed by atoms with Crippen LogP contribution in [0.1, 0.15) is 18.1 Å². The van der Waals surface area contributed by atoms with Gasteiger partial charge in [-0.3, -0.25) is 0 Å². The van der Waals surface area contributed by atoms with Crippen LogP contribution in [0.15, 0.2) is 60.2 Å². The van der Waals surface area contributed by atoms with Gasteiger partial charge in [0, 0.05) is 32.8 Å². The number of halogens is 2. The third-order valence-electron chi connectivity index (χ3n) is 3.30. The maximum absolute atomic E-state index is 11.9. The topological polar surface area (TPSA) is 52.6 Å². The van der Waals surface area contributed by atoms with E-state index >= 15 is 0 Å². The van der Waals surface area contributed by atoms with Crippen molar-refractivity contribution in [3.8, 4) is 0 Å². The quantitative estimate of drug-likeness (QED) is 0.538. The second kappa shape index (κ2) is 9.25. The molecule has 6 heteroatoms. The van der Waals surface area contributed by atoms with Crippen molar-refractivity contribution in [3.05, 3.63) is 81.4 Å². The maximum atomic E-state index is 11.9. The number of benzene rings is 2. The second-order valence-electron chi connectivity index (χ2n) is 5.19. The van der Waals surface area contributed by atoms with Crippen molar-refractivity contribution in [3.63, 3.8) is 0 Å². The normalized spacial score (nSPS) is 11.1. The number of carbonyl (C=O) groups is 2. The molecule has 130 valence electrons. The molecule has 0 spiro atoms. The molecular formula is C19H16Cl2O4. The molecule has 0 heterocycles. The standard InChI is InChI=1S/C19H16Cl2O4/c1-13(19(23)25-12-15-7-3-5-9-17(15)21)10-18(22)24-11-14-6-2-4-8-16(14)20/h2-10H,11-12H2,1H3/b13-10+. The SMILES string of the molecule is C/C(=C\C(=O)OCc1ccccc1Cl)C(=O)OCc1ccccc1Cl. The van der Waals surface area contributed by atoms with Crippen LogP contribution in [-0.4, -0.2) is 11.9 Å². The average molecular weight is 379 g/mol. The first-order valence-corrected chi connectivity index (χ1v) is 8.22. The summed E-state index contributed by atoms with van der Waals surface area (Å²) in [5.41, 5.74) is 1.51. The second-order valence-corrected chi connectivity index (χ2v) is 6.01. The van der Waals surface area contributed by atoms with Crippen molar-refractivity contribution < 1.29 is 19.1 Å². The molecule has 0 aliphatic rings. The highest BCUT2D eigenvalue weighted by atomic mass is 35.5. The first kappa shape index (κ1) is 19.0. The molecule has 0 saturated heterocycles. The molecule has 4 nitrogen and oxygen atoms in total. The van der Waals surface area contributed by atoms with E-state index in [0.29, 0.717) is 21.2 Å². The summed E-state index contributed by atoms with van der Waals surface area (Å²) in [6, 6.07) is 14.1. The fraction of sp³-hybridized carbons (Fsp3) is 0.158. The number of rotatable bonds is 6. The molecule has 25 heavy (non-hydrogen) atoms. The van der Waals surface area contributed by atoms with E-state index < -0.39 is 11.9 Å². The van der Waals surface area contributed by atoms with Gasteiger partial charge in [0.1, 0.15) is 13.2 Å². The smallest absolute Gasteiger partial charge is 0.334 e. The zero-order chi connectivity index (χ0) is 18.2. The Hall–Kier alpha value is -2.30. The van der Waals surface area contributed by atoms with Crippen LogP contribution >= 0.6 is 23.2 Å². The largest absolute Gasteiger partial charge is 0.458 e. The Morgan fingerprint density at radius 3 is 1.88 bits per heavy atom. The van der Waals surface area contributed by atoms with Gasteiger partial charge >= 0.3 is 11.9 Å². The first-order chi connectivity index (χ1) is 12.0. The van der Waals surface area contributed by atoms with Crippen LogP contribution in [-0.2, 0) is 32.3 Å². The number of esters is 2. The highest BCUT2D eigenvalue weighted by molar-refractivity contribution is 6.31. The lowest BCUT2D eigenvalue weighted by atomic mass is 10.2. The summed E-state index contributed by atoms with van der Waals surface area (Å²) >= 11 is 12.0. The van der Waals surface area contributed by atoms with Gasteiger partial charge < -0.3 is 9.47 Å². The van der Waals surface area contributed by atoms with E-state index in [1.165, 1.54) is 6.92 Å². The van der Waals surface area contributed by atoms with Crippen molar-refractivity contribution in [1.82, 2.24) is 0 Å². The Morgan fingerprint density at radius 1 is 0.880 bits per heavy atom. The number of ether oxygens (including phenoxy) is 2. The van der Waals surface area contributed by atoms with Crippen LogP contribution < -0.4 is 0 Å². The monoisotopic (exact) mass is 378 g/mol. The number of carbonyl (C=O) groups excluding carboxylic acids is 2. The van der Waals surface area contributed by atoms with Crippen LogP contribution in [0.3, 0.4) is 0 Å². The highest BCUT2D eigenvalue weighted by Crippen LogP contribution is 2.17. The first-order valence-electron chi connectivity index (χ1n) is 7.46. The van der Waals surface area contributed by atoms with Crippen LogP contribution in [0, 0.1) is 0 Å². The van der Waals surface area contributed by atoms with E-state index in [4.69, 9.17) is 32.7 Å². The molecule has 0 N–H and O–H groups in total. The van der Waals surface area contributed by atoms with Crippen molar-refractivity contribution >= 4 is 35.1 Å². The van der Waals surface area contributed by atoms with Crippen molar-refractivity contribution in [1.29, 1.82) is 0 Å². The molecule has 0 aliphatic heterocycles. The van der Waals surface area contributed by atoms with Crippen LogP contribution in [0.4, 0.5) is 0 Å². The van der Waals surface area contributed by atoms with Crippen molar-refractivity contribution in [2.75, 3.05) is 0 Å². The highest BCUT2D eigenvalue weighted by Gasteiger charge is 2.11. The maximum Gasteiger partial charge on any atom is 0.334 e. The fourth-order valence-electron chi connectivity index (χ4n) is 1.91. The van der Waals surface area contributed by atoms with E-state index in [1.54, 1.807) is 48.5 Å². The summed E-state index contributed by atoms with van der Waals surface area (Å²) in [6.07, 6.45) is 1.09. The molecule has 2 rings (SSSR count). The average Bonchev–Trinajstić information content (AvgIpc) is 2.60. The van der Waals surface area contributed by atoms with Crippen LogP contribution in [0.2, 0.25) is 10.0 Å². The lowest BCUT2D eigenvalue weighted by Gasteiger charge is -2.07. The lowest BCUT2D eigenvalue weighted by molar-refractivity contribution is -0.142. The Balaban J connectivity index is 1.86. The fourth-order valence-corrected chi connectivity index (χ4v) is 2.29. The van der Waals surface area contributed by atoms with Crippen molar-refractivity contribution in [2.24, 2.45) is 0 Å². The predicted molar refractivity (Wildman–Crippen MR) is 96.3 cm³/mol. The third kappa shape index (κ3) is 5.93. The molecule has 0 atom stereocenters. The van der Waals surface area contributed by atoms with Gasteiger partial charge in [0.05, 0.1) is 0 Å².